The van der Waals surface area contributed by atoms with E-state index in [4.69, 9.17) is 0 Å². The van der Waals surface area contributed by atoms with Crippen molar-refractivity contribution in [1.29, 1.82) is 0 Å². The van der Waals surface area contributed by atoms with Gasteiger partial charge in [0.05, 0.1) is 5.25 Å². The number of nitrogens with one attached hydrogen (secondary N) is 1. The summed E-state index contributed by atoms with van der Waals surface area (Å²) in [6, 6.07) is 7.01. The van der Waals surface area contributed by atoms with Crippen LogP contribution in [0.2, 0.25) is 0 Å². The first-order valence-corrected chi connectivity index (χ1v) is 8.05. The van der Waals surface area contributed by atoms with Crippen molar-refractivity contribution in [3.8, 4) is 0 Å². The fraction of sp³-hybridized carbons (Fsp3) is 0.308. The molecule has 0 bridgehead atoms. The molecule has 5 nitrogen and oxygen atoms in total. The number of benzene rings is 1. The normalized spacial score (nSPS) is 13.0. The molecule has 124 valence electrons. The number of hydrogen-bond donors (Lipinski definition) is 1. The molecule has 23 heavy (non-hydrogen) atoms. The van der Waals surface area contributed by atoms with Crippen LogP contribution in [0.1, 0.15) is 12.7 Å². The van der Waals surface area contributed by atoms with Crippen molar-refractivity contribution in [2.24, 2.45) is 7.05 Å². The van der Waals surface area contributed by atoms with Gasteiger partial charge < -0.3 is 9.88 Å². The maximum Gasteiger partial charge on any atom is 0.451 e. The maximum absolute atomic E-state index is 12.7. The summed E-state index contributed by atoms with van der Waals surface area (Å²) < 4.78 is 39.6. The molecule has 1 amide bonds. The lowest BCUT2D eigenvalue weighted by atomic mass is 10.3. The number of alkyl halides is 3. The molecule has 0 aliphatic carbocycles. The van der Waals surface area contributed by atoms with Crippen molar-refractivity contribution < 1.29 is 18.0 Å². The SMILES string of the molecule is CC(Sc1nnc(C(F)(F)F)n1C)C(=O)Nc1cccc(Br)c1. The molecule has 1 aromatic carbocycles. The third-order valence-electron chi connectivity index (χ3n) is 2.83. The second kappa shape index (κ2) is 6.91. The van der Waals surface area contributed by atoms with Crippen LogP contribution in [0, 0.1) is 0 Å². The third kappa shape index (κ3) is 4.47. The number of carbonyl (C=O) groups excluding carboxylic acids is 1. The largest absolute Gasteiger partial charge is 0.451 e. The summed E-state index contributed by atoms with van der Waals surface area (Å²) in [5.74, 6) is -1.44. The van der Waals surface area contributed by atoms with E-state index in [0.29, 0.717) is 5.69 Å². The van der Waals surface area contributed by atoms with Gasteiger partial charge >= 0.3 is 6.18 Å². The highest BCUT2D eigenvalue weighted by molar-refractivity contribution is 9.10. The predicted octanol–water partition coefficient (Wildman–Crippen LogP) is 3.72. The zero-order valence-corrected chi connectivity index (χ0v) is 14.5. The standard InChI is InChI=1S/C13H12BrF3N4OS/c1-7(10(22)18-9-5-3-4-8(14)6-9)23-12-20-19-11(21(12)2)13(15,16)17/h3-7H,1-2H3,(H,18,22). The average molecular weight is 409 g/mol. The Morgan fingerprint density at radius 3 is 2.65 bits per heavy atom. The van der Waals surface area contributed by atoms with Crippen molar-refractivity contribution in [3.63, 3.8) is 0 Å². The van der Waals surface area contributed by atoms with Crippen LogP contribution in [0.15, 0.2) is 33.9 Å². The maximum atomic E-state index is 12.7. The van der Waals surface area contributed by atoms with Gasteiger partial charge in [0.15, 0.2) is 5.16 Å². The molecule has 0 aliphatic rings. The summed E-state index contributed by atoms with van der Waals surface area (Å²) >= 11 is 4.19. The molecule has 1 N–H and O–H groups in total. The van der Waals surface area contributed by atoms with E-state index in [1.165, 1.54) is 7.05 Å². The zero-order chi connectivity index (χ0) is 17.2. The van der Waals surface area contributed by atoms with Gasteiger partial charge in [-0.15, -0.1) is 10.2 Å². The molecule has 1 atom stereocenters. The van der Waals surface area contributed by atoms with Gasteiger partial charge in [-0.2, -0.15) is 13.2 Å². The predicted molar refractivity (Wildman–Crippen MR) is 84.1 cm³/mol. The van der Waals surface area contributed by atoms with Gasteiger partial charge in [-0.3, -0.25) is 4.79 Å². The Labute approximate surface area is 142 Å². The average Bonchev–Trinajstić information content (AvgIpc) is 2.80. The molecule has 0 saturated heterocycles. The van der Waals surface area contributed by atoms with Crippen molar-refractivity contribution >= 4 is 39.3 Å². The van der Waals surface area contributed by atoms with E-state index >= 15 is 0 Å². The number of amides is 1. The first kappa shape index (κ1) is 17.8. The second-order valence-corrected chi connectivity index (χ2v) is 6.85. The Kier molecular flexibility index (Phi) is 5.35. The molecule has 2 aromatic rings. The van der Waals surface area contributed by atoms with Crippen LogP contribution in [0.5, 0.6) is 0 Å². The fourth-order valence-corrected chi connectivity index (χ4v) is 2.90. The molecule has 0 aliphatic heterocycles. The summed E-state index contributed by atoms with van der Waals surface area (Å²) in [6.45, 7) is 1.58. The summed E-state index contributed by atoms with van der Waals surface area (Å²) in [5, 5.41) is 8.69. The molecular weight excluding hydrogens is 397 g/mol. The molecule has 10 heteroatoms. The van der Waals surface area contributed by atoms with E-state index in [1.807, 2.05) is 6.07 Å². The van der Waals surface area contributed by atoms with E-state index in [1.54, 1.807) is 25.1 Å². The Balaban J connectivity index is 2.06. The van der Waals surface area contributed by atoms with Gasteiger partial charge in [-0.25, -0.2) is 0 Å². The number of nitrogens with zero attached hydrogens (tertiary/aromatic N) is 3. The summed E-state index contributed by atoms with van der Waals surface area (Å²) in [6.07, 6.45) is -4.58. The lowest BCUT2D eigenvalue weighted by Gasteiger charge is -2.12. The minimum Gasteiger partial charge on any atom is -0.325 e. The van der Waals surface area contributed by atoms with E-state index in [-0.39, 0.29) is 11.1 Å². The van der Waals surface area contributed by atoms with Gasteiger partial charge in [0.25, 0.3) is 0 Å². The van der Waals surface area contributed by atoms with Crippen LogP contribution in [-0.4, -0.2) is 25.9 Å². The van der Waals surface area contributed by atoms with E-state index < -0.39 is 17.3 Å². The van der Waals surface area contributed by atoms with Crippen LogP contribution < -0.4 is 5.32 Å². The van der Waals surface area contributed by atoms with E-state index in [9.17, 15) is 18.0 Å². The second-order valence-electron chi connectivity index (χ2n) is 4.62. The molecule has 1 aromatic heterocycles. The van der Waals surface area contributed by atoms with Gasteiger partial charge in [0.1, 0.15) is 0 Å². The summed E-state index contributed by atoms with van der Waals surface area (Å²) in [7, 11) is 1.21. The smallest absolute Gasteiger partial charge is 0.325 e. The fourth-order valence-electron chi connectivity index (χ4n) is 1.69. The first-order valence-electron chi connectivity index (χ1n) is 6.38. The Morgan fingerprint density at radius 2 is 2.09 bits per heavy atom. The Morgan fingerprint density at radius 1 is 1.39 bits per heavy atom. The highest BCUT2D eigenvalue weighted by Crippen LogP contribution is 2.31. The van der Waals surface area contributed by atoms with Crippen LogP contribution in [0.3, 0.4) is 0 Å². The topological polar surface area (TPSA) is 59.8 Å². The molecule has 0 radical (unpaired) electrons. The number of carbonyl (C=O) groups is 1. The summed E-state index contributed by atoms with van der Waals surface area (Å²) in [5.41, 5.74) is 0.589. The van der Waals surface area contributed by atoms with Crippen LogP contribution in [0.25, 0.3) is 0 Å². The minimum atomic E-state index is -4.58. The number of aromatic nitrogens is 3. The van der Waals surface area contributed by atoms with Crippen molar-refractivity contribution in [1.82, 2.24) is 14.8 Å². The highest BCUT2D eigenvalue weighted by Gasteiger charge is 2.37. The quantitative estimate of drug-likeness (QED) is 0.783. The van der Waals surface area contributed by atoms with Crippen LogP contribution in [-0.2, 0) is 18.0 Å². The van der Waals surface area contributed by atoms with Gasteiger partial charge in [0.2, 0.25) is 11.7 Å². The van der Waals surface area contributed by atoms with Crippen molar-refractivity contribution in [3.05, 3.63) is 34.6 Å². The van der Waals surface area contributed by atoms with Gasteiger partial charge in [-0.05, 0) is 25.1 Å². The number of halogens is 4. The lowest BCUT2D eigenvalue weighted by molar-refractivity contribution is -0.147. The lowest BCUT2D eigenvalue weighted by Crippen LogP contribution is -2.23. The minimum absolute atomic E-state index is 0.0224. The van der Waals surface area contributed by atoms with Crippen LogP contribution in [0.4, 0.5) is 18.9 Å². The third-order valence-corrected chi connectivity index (χ3v) is 4.46. The van der Waals surface area contributed by atoms with E-state index in [2.05, 4.69) is 31.4 Å². The molecule has 0 saturated carbocycles. The van der Waals surface area contributed by atoms with E-state index in [0.717, 1.165) is 20.8 Å². The molecular formula is C13H12BrF3N4OS. The number of rotatable bonds is 4. The number of anilines is 1. The highest BCUT2D eigenvalue weighted by atomic mass is 79.9. The van der Waals surface area contributed by atoms with Gasteiger partial charge in [-0.1, -0.05) is 33.8 Å². The number of thioether (sulfide) groups is 1. The summed E-state index contributed by atoms with van der Waals surface area (Å²) in [4.78, 5) is 12.1. The van der Waals surface area contributed by atoms with Crippen molar-refractivity contribution in [2.75, 3.05) is 5.32 Å². The molecule has 1 unspecified atom stereocenters. The zero-order valence-electron chi connectivity index (χ0n) is 12.1. The Hall–Kier alpha value is -1.55. The molecule has 2 rings (SSSR count). The molecule has 0 spiro atoms. The van der Waals surface area contributed by atoms with Crippen LogP contribution >= 0.6 is 27.7 Å². The molecule has 1 heterocycles. The number of hydrogen-bond acceptors (Lipinski definition) is 4. The van der Waals surface area contributed by atoms with Crippen molar-refractivity contribution in [2.45, 2.75) is 23.5 Å². The first-order chi connectivity index (χ1) is 10.7. The molecule has 0 fully saturated rings. The Bertz CT molecular complexity index is 719. The monoisotopic (exact) mass is 408 g/mol. The van der Waals surface area contributed by atoms with Gasteiger partial charge in [0, 0.05) is 17.2 Å².